The fourth-order valence-corrected chi connectivity index (χ4v) is 6.20. The van der Waals surface area contributed by atoms with Crippen LogP contribution in [0, 0.1) is 0 Å². The fourth-order valence-electron chi connectivity index (χ4n) is 6.20. The van der Waals surface area contributed by atoms with E-state index in [2.05, 4.69) is 31.9 Å². The van der Waals surface area contributed by atoms with E-state index >= 15 is 0 Å². The van der Waals surface area contributed by atoms with Gasteiger partial charge in [-0.25, -0.2) is 0 Å². The maximum atomic E-state index is 13.0. The molecule has 4 heterocycles. The van der Waals surface area contributed by atoms with Crippen LogP contribution in [0.1, 0.15) is 99.7 Å². The largest absolute Gasteiger partial charge is 0.350 e. The zero-order valence-electron chi connectivity index (χ0n) is 33.9. The number of aryl methyl sites for hydroxylation is 4. The number of carbonyl (C=O) groups excluding carboxylic acids is 6. The molecule has 59 heavy (non-hydrogen) atoms. The van der Waals surface area contributed by atoms with Gasteiger partial charge in [-0.15, -0.1) is 0 Å². The summed E-state index contributed by atoms with van der Waals surface area (Å²) in [5, 5.41) is 27.6. The molecule has 0 radical (unpaired) electrons. The second-order valence-electron chi connectivity index (χ2n) is 14.3. The number of unbranched alkanes of at least 4 members (excludes halogenated alkanes) is 4. The summed E-state index contributed by atoms with van der Waals surface area (Å²) < 4.78 is 6.40. The van der Waals surface area contributed by atoms with Crippen LogP contribution in [0.25, 0.3) is 0 Å². The molecule has 0 aliphatic rings. The summed E-state index contributed by atoms with van der Waals surface area (Å²) in [6.07, 6.45) is 11.6. The van der Waals surface area contributed by atoms with Crippen molar-refractivity contribution in [2.24, 2.45) is 39.7 Å². The highest BCUT2D eigenvalue weighted by Gasteiger charge is 2.19. The maximum absolute atomic E-state index is 13.0. The number of amidine groups is 2. The molecule has 4 aromatic rings. The maximum Gasteiger partial charge on any atom is 0.272 e. The minimum absolute atomic E-state index is 0.175. The molecule has 316 valence electrons. The number of amides is 6. The summed E-state index contributed by atoms with van der Waals surface area (Å²) >= 11 is 0. The Hall–Kier alpha value is -7.12. The highest BCUT2D eigenvalue weighted by molar-refractivity contribution is 6.06. The van der Waals surface area contributed by atoms with E-state index < -0.39 is 11.8 Å². The number of hydrogen-bond acceptors (Lipinski definition) is 6. The third-order valence-corrected chi connectivity index (χ3v) is 9.24. The van der Waals surface area contributed by atoms with Crippen LogP contribution in [0.2, 0.25) is 0 Å². The Kier molecular flexibility index (Phi) is 15.8. The standard InChI is InChI=1S/C39H54N14O6/c1-50-22-26(18-28(50)36(56)44-14-12-32(40)41)48-38(58)30-16-24(20-52(30)3)46-34(54)10-8-6-5-7-9-11-35(55)47-25-17-31(53(4)21-25)39(59)49-27-19-29(51(2)23-27)37(57)45-15-13-33(42)43/h16-23H,5-15H2,1-4H3,(H3,40,41)(H3,42,43)(H,44,56)(H,45,57)(H,46,54)(H,47,55)(H,48,58)(H,49,59)/p+2. The second-order valence-corrected chi connectivity index (χ2v) is 14.3. The Labute approximate surface area is 341 Å². The molecule has 0 bridgehead atoms. The van der Waals surface area contributed by atoms with Gasteiger partial charge in [-0.2, -0.15) is 0 Å². The van der Waals surface area contributed by atoms with Crippen molar-refractivity contribution in [2.75, 3.05) is 34.4 Å². The number of carbonyl (C=O) groups is 6. The average molecular weight is 817 g/mol. The van der Waals surface area contributed by atoms with Crippen LogP contribution in [-0.4, -0.2) is 78.5 Å². The van der Waals surface area contributed by atoms with Crippen LogP contribution in [0.15, 0.2) is 49.1 Å². The van der Waals surface area contributed by atoms with Gasteiger partial charge in [0.05, 0.1) is 35.6 Å². The summed E-state index contributed by atoms with van der Waals surface area (Å²) in [5.41, 5.74) is 14.1. The summed E-state index contributed by atoms with van der Waals surface area (Å²) in [7, 11) is 6.77. The fraction of sp³-hybridized carbons (Fsp3) is 0.385. The number of nitrogens with one attached hydrogen (secondary N) is 6. The third-order valence-electron chi connectivity index (χ3n) is 9.24. The van der Waals surface area contributed by atoms with Crippen molar-refractivity contribution in [1.82, 2.24) is 28.9 Å². The van der Waals surface area contributed by atoms with Crippen LogP contribution in [0.4, 0.5) is 22.7 Å². The molecular weight excluding hydrogens is 761 g/mol. The number of aromatic nitrogens is 4. The monoisotopic (exact) mass is 816 g/mol. The number of hydrogen-bond donors (Lipinski definition) is 10. The number of nitrogens with two attached hydrogens (primary N) is 4. The lowest BCUT2D eigenvalue weighted by Gasteiger charge is -2.04. The van der Waals surface area contributed by atoms with Gasteiger partial charge in [0.1, 0.15) is 22.8 Å². The molecule has 0 aromatic carbocycles. The van der Waals surface area contributed by atoms with Crippen LogP contribution < -0.4 is 54.2 Å². The molecule has 20 heteroatoms. The molecule has 0 aliphatic heterocycles. The number of anilines is 4. The molecule has 0 atom stereocenters. The Morgan fingerprint density at radius 3 is 1.07 bits per heavy atom. The van der Waals surface area contributed by atoms with Crippen LogP contribution in [0.5, 0.6) is 0 Å². The van der Waals surface area contributed by atoms with Crippen molar-refractivity contribution in [3.8, 4) is 0 Å². The lowest BCUT2D eigenvalue weighted by atomic mass is 10.1. The smallest absolute Gasteiger partial charge is 0.272 e. The minimum atomic E-state index is -0.408. The van der Waals surface area contributed by atoms with Gasteiger partial charge in [0, 0.05) is 78.9 Å². The van der Waals surface area contributed by atoms with E-state index in [9.17, 15) is 28.8 Å². The van der Waals surface area contributed by atoms with E-state index in [0.717, 1.165) is 19.3 Å². The lowest BCUT2D eigenvalue weighted by molar-refractivity contribution is -0.118. The zero-order valence-corrected chi connectivity index (χ0v) is 33.9. The number of rotatable bonds is 22. The highest BCUT2D eigenvalue weighted by Crippen LogP contribution is 2.20. The topological polar surface area (TPSA) is 298 Å². The van der Waals surface area contributed by atoms with Crippen molar-refractivity contribution in [2.45, 2.75) is 57.8 Å². The van der Waals surface area contributed by atoms with Gasteiger partial charge < -0.3 is 50.2 Å². The van der Waals surface area contributed by atoms with E-state index in [4.69, 9.17) is 22.3 Å². The van der Waals surface area contributed by atoms with E-state index in [1.807, 2.05) is 0 Å². The van der Waals surface area contributed by atoms with Gasteiger partial charge in [-0.05, 0) is 37.1 Å². The summed E-state index contributed by atoms with van der Waals surface area (Å²) in [5.74, 6) is -1.39. The molecule has 0 unspecified atom stereocenters. The van der Waals surface area contributed by atoms with Gasteiger partial charge >= 0.3 is 0 Å². The van der Waals surface area contributed by atoms with Crippen LogP contribution in [0.3, 0.4) is 0 Å². The quantitative estimate of drug-likeness (QED) is 0.0275. The third kappa shape index (κ3) is 13.5. The Balaban J connectivity index is 1.12. The molecule has 6 amide bonds. The molecular formula is C39H56N14O6+2. The molecule has 4 rings (SSSR count). The first-order chi connectivity index (χ1) is 28.0. The molecule has 0 fully saturated rings. The molecule has 0 saturated carbocycles. The van der Waals surface area contributed by atoms with Crippen molar-refractivity contribution < 1.29 is 39.6 Å². The average Bonchev–Trinajstić information content (AvgIpc) is 3.92. The van der Waals surface area contributed by atoms with E-state index in [1.165, 1.54) is 0 Å². The first-order valence-electron chi connectivity index (χ1n) is 19.2. The summed E-state index contributed by atoms with van der Waals surface area (Å²) in [6.45, 7) is 0.571. The molecule has 20 nitrogen and oxygen atoms in total. The first kappa shape index (κ1) is 44.6. The minimum Gasteiger partial charge on any atom is -0.350 e. The van der Waals surface area contributed by atoms with Gasteiger partial charge in [0.15, 0.2) is 0 Å². The Bertz CT molecular complexity index is 2050. The zero-order chi connectivity index (χ0) is 43.2. The second kappa shape index (κ2) is 20.9. The van der Waals surface area contributed by atoms with Crippen LogP contribution in [-0.2, 0) is 37.8 Å². The Morgan fingerprint density at radius 2 is 0.746 bits per heavy atom. The predicted octanol–water partition coefficient (Wildman–Crippen LogP) is -0.674. The number of nitrogens with zero attached hydrogens (tertiary/aromatic N) is 4. The molecule has 14 N–H and O–H groups in total. The van der Waals surface area contributed by atoms with Crippen molar-refractivity contribution in [3.63, 3.8) is 0 Å². The molecule has 0 saturated heterocycles. The van der Waals surface area contributed by atoms with Crippen LogP contribution >= 0.6 is 0 Å². The molecule has 4 aromatic heterocycles. The Morgan fingerprint density at radius 1 is 0.458 bits per heavy atom. The van der Waals surface area contributed by atoms with E-state index in [0.29, 0.717) is 84.1 Å². The highest BCUT2D eigenvalue weighted by atomic mass is 16.2. The van der Waals surface area contributed by atoms with Crippen molar-refractivity contribution >= 4 is 69.9 Å². The van der Waals surface area contributed by atoms with Crippen molar-refractivity contribution in [1.29, 1.82) is 0 Å². The van der Waals surface area contributed by atoms with E-state index in [1.54, 1.807) is 95.5 Å². The van der Waals surface area contributed by atoms with E-state index in [-0.39, 0.29) is 48.4 Å². The summed E-state index contributed by atoms with van der Waals surface area (Å²) in [4.78, 5) is 76.3. The van der Waals surface area contributed by atoms with Crippen molar-refractivity contribution in [3.05, 3.63) is 71.8 Å². The molecule has 0 spiro atoms. The lowest BCUT2D eigenvalue weighted by Crippen LogP contribution is -2.47. The van der Waals surface area contributed by atoms with Gasteiger partial charge in [-0.3, -0.25) is 51.1 Å². The van der Waals surface area contributed by atoms with Gasteiger partial charge in [-0.1, -0.05) is 19.3 Å². The normalized spacial score (nSPS) is 10.8. The van der Waals surface area contributed by atoms with Gasteiger partial charge in [0.25, 0.3) is 23.6 Å². The first-order valence-corrected chi connectivity index (χ1v) is 19.2. The predicted molar refractivity (Wildman–Crippen MR) is 223 cm³/mol. The SMILES string of the molecule is Cn1cc(NC(=O)c2cc(NC(=O)CCCCCCCC(=O)Nc3cc(C(=O)Nc4cc(C(=O)NCCC(N)=[NH2+])n(C)c4)n(C)c3)cn2C)cc1C(=O)NCCC(N)=[NH2+]. The summed E-state index contributed by atoms with van der Waals surface area (Å²) in [6, 6.07) is 6.29. The molecule has 0 aliphatic carbocycles. The van der Waals surface area contributed by atoms with Gasteiger partial charge in [0.2, 0.25) is 23.5 Å².